The van der Waals surface area contributed by atoms with E-state index in [1.165, 1.54) is 0 Å². The summed E-state index contributed by atoms with van der Waals surface area (Å²) >= 11 is 0. The van der Waals surface area contributed by atoms with Crippen molar-refractivity contribution in [3.8, 4) is 0 Å². The lowest BCUT2D eigenvalue weighted by molar-refractivity contribution is 0.184. The van der Waals surface area contributed by atoms with E-state index in [2.05, 4.69) is 52.8 Å². The Morgan fingerprint density at radius 2 is 1.75 bits per heavy atom. The summed E-state index contributed by atoms with van der Waals surface area (Å²) in [5, 5.41) is 3.58. The van der Waals surface area contributed by atoms with Gasteiger partial charge in [0.15, 0.2) is 0 Å². The number of nitrogens with zero attached hydrogens (tertiary/aromatic N) is 4. The highest BCUT2D eigenvalue weighted by atomic mass is 15.3. The van der Waals surface area contributed by atoms with Gasteiger partial charge in [-0.15, -0.1) is 0 Å². The van der Waals surface area contributed by atoms with E-state index in [0.717, 1.165) is 38.7 Å². The molecule has 0 spiro atoms. The number of rotatable bonds is 4. The van der Waals surface area contributed by atoms with Crippen LogP contribution >= 0.6 is 0 Å². The van der Waals surface area contributed by atoms with E-state index in [1.807, 2.05) is 18.5 Å². The molecule has 112 valence electrons. The standard InChI is InChI=1S/C15H27N5/c1-13(12-18-15(2,3)4)19-8-10-20(11-9-19)14-16-6-5-7-17-14/h5-7,13,18H,8-12H2,1-4H3. The van der Waals surface area contributed by atoms with Crippen molar-refractivity contribution in [3.05, 3.63) is 18.5 Å². The lowest BCUT2D eigenvalue weighted by Gasteiger charge is -2.39. The highest BCUT2D eigenvalue weighted by molar-refractivity contribution is 5.29. The normalized spacial score (nSPS) is 19.1. The third-order valence-electron chi connectivity index (χ3n) is 3.70. The molecule has 2 rings (SSSR count). The molecule has 1 fully saturated rings. The first-order valence-corrected chi connectivity index (χ1v) is 7.47. The van der Waals surface area contributed by atoms with Crippen LogP contribution < -0.4 is 10.2 Å². The summed E-state index contributed by atoms with van der Waals surface area (Å²) in [5.41, 5.74) is 0.188. The van der Waals surface area contributed by atoms with Gasteiger partial charge in [-0.3, -0.25) is 4.90 Å². The molecule has 0 amide bonds. The van der Waals surface area contributed by atoms with Gasteiger partial charge in [0.05, 0.1) is 0 Å². The van der Waals surface area contributed by atoms with Crippen LogP contribution in [-0.4, -0.2) is 59.2 Å². The largest absolute Gasteiger partial charge is 0.338 e. The first-order chi connectivity index (χ1) is 9.46. The minimum Gasteiger partial charge on any atom is -0.338 e. The van der Waals surface area contributed by atoms with Crippen molar-refractivity contribution in [3.63, 3.8) is 0 Å². The lowest BCUT2D eigenvalue weighted by Crippen LogP contribution is -2.53. The van der Waals surface area contributed by atoms with Crippen LogP contribution in [-0.2, 0) is 0 Å². The molecule has 5 heteroatoms. The number of nitrogens with one attached hydrogen (secondary N) is 1. The van der Waals surface area contributed by atoms with E-state index < -0.39 is 0 Å². The molecule has 0 aliphatic carbocycles. The van der Waals surface area contributed by atoms with Crippen LogP contribution in [0.3, 0.4) is 0 Å². The fourth-order valence-corrected chi connectivity index (χ4v) is 2.40. The van der Waals surface area contributed by atoms with E-state index in [-0.39, 0.29) is 5.54 Å². The molecule has 20 heavy (non-hydrogen) atoms. The highest BCUT2D eigenvalue weighted by Crippen LogP contribution is 2.12. The van der Waals surface area contributed by atoms with E-state index >= 15 is 0 Å². The van der Waals surface area contributed by atoms with Gasteiger partial charge in [-0.2, -0.15) is 0 Å². The molecule has 0 saturated carbocycles. The Labute approximate surface area is 122 Å². The van der Waals surface area contributed by atoms with Gasteiger partial charge in [0.2, 0.25) is 5.95 Å². The summed E-state index contributed by atoms with van der Waals surface area (Å²) < 4.78 is 0. The van der Waals surface area contributed by atoms with Crippen molar-refractivity contribution < 1.29 is 0 Å². The van der Waals surface area contributed by atoms with Crippen molar-refractivity contribution >= 4 is 5.95 Å². The van der Waals surface area contributed by atoms with E-state index in [4.69, 9.17) is 0 Å². The molecule has 1 N–H and O–H groups in total. The third kappa shape index (κ3) is 4.42. The van der Waals surface area contributed by atoms with Crippen LogP contribution in [0.2, 0.25) is 0 Å². The van der Waals surface area contributed by atoms with Crippen LogP contribution in [0.4, 0.5) is 5.95 Å². The molecule has 1 unspecified atom stereocenters. The Kier molecular flexibility index (Phi) is 4.94. The number of aromatic nitrogens is 2. The van der Waals surface area contributed by atoms with Gasteiger partial charge in [0, 0.05) is 56.7 Å². The lowest BCUT2D eigenvalue weighted by atomic mass is 10.1. The highest BCUT2D eigenvalue weighted by Gasteiger charge is 2.23. The molecule has 1 saturated heterocycles. The maximum Gasteiger partial charge on any atom is 0.225 e. The summed E-state index contributed by atoms with van der Waals surface area (Å²) in [7, 11) is 0. The zero-order valence-corrected chi connectivity index (χ0v) is 13.1. The molecule has 1 atom stereocenters. The van der Waals surface area contributed by atoms with E-state index in [0.29, 0.717) is 6.04 Å². The molecule has 2 heterocycles. The van der Waals surface area contributed by atoms with Gasteiger partial charge in [-0.1, -0.05) is 0 Å². The van der Waals surface area contributed by atoms with Crippen molar-refractivity contribution in [1.82, 2.24) is 20.2 Å². The van der Waals surface area contributed by atoms with Gasteiger partial charge in [0.1, 0.15) is 0 Å². The summed E-state index contributed by atoms with van der Waals surface area (Å²) in [6.45, 7) is 14.1. The Balaban J connectivity index is 1.79. The fourth-order valence-electron chi connectivity index (χ4n) is 2.40. The summed E-state index contributed by atoms with van der Waals surface area (Å²) in [5.74, 6) is 0.854. The monoisotopic (exact) mass is 277 g/mol. The molecule has 1 aliphatic rings. The molecule has 5 nitrogen and oxygen atoms in total. The second kappa shape index (κ2) is 6.50. The fraction of sp³-hybridized carbons (Fsp3) is 0.733. The van der Waals surface area contributed by atoms with E-state index in [1.54, 1.807) is 0 Å². The molecule has 1 aromatic heterocycles. The smallest absolute Gasteiger partial charge is 0.225 e. The summed E-state index contributed by atoms with van der Waals surface area (Å²) in [6.07, 6.45) is 3.62. The zero-order valence-electron chi connectivity index (χ0n) is 13.1. The number of piperazine rings is 1. The van der Waals surface area contributed by atoms with Crippen molar-refractivity contribution in [2.75, 3.05) is 37.6 Å². The van der Waals surface area contributed by atoms with Crippen LogP contribution in [0.1, 0.15) is 27.7 Å². The van der Waals surface area contributed by atoms with Gasteiger partial charge < -0.3 is 10.2 Å². The maximum absolute atomic E-state index is 4.32. The Bertz CT molecular complexity index is 392. The zero-order chi connectivity index (χ0) is 14.6. The minimum atomic E-state index is 0.188. The maximum atomic E-state index is 4.32. The van der Waals surface area contributed by atoms with Gasteiger partial charge >= 0.3 is 0 Å². The number of hydrogen-bond donors (Lipinski definition) is 1. The number of anilines is 1. The van der Waals surface area contributed by atoms with Crippen LogP contribution in [0, 0.1) is 0 Å². The predicted octanol–water partition coefficient (Wildman–Crippen LogP) is 1.38. The molecule has 0 aromatic carbocycles. The Morgan fingerprint density at radius 3 is 2.30 bits per heavy atom. The minimum absolute atomic E-state index is 0.188. The molecular weight excluding hydrogens is 250 g/mol. The molecule has 1 aromatic rings. The second-order valence-electron chi connectivity index (χ2n) is 6.55. The molecule has 1 aliphatic heterocycles. The molecular formula is C15H27N5. The van der Waals surface area contributed by atoms with Gasteiger partial charge in [-0.25, -0.2) is 9.97 Å². The SMILES string of the molecule is CC(CNC(C)(C)C)N1CCN(c2ncccn2)CC1. The van der Waals surface area contributed by atoms with Crippen LogP contribution in [0.25, 0.3) is 0 Å². The van der Waals surface area contributed by atoms with E-state index in [9.17, 15) is 0 Å². The first-order valence-electron chi connectivity index (χ1n) is 7.47. The van der Waals surface area contributed by atoms with Gasteiger partial charge in [0.25, 0.3) is 0 Å². The Morgan fingerprint density at radius 1 is 1.15 bits per heavy atom. The van der Waals surface area contributed by atoms with Gasteiger partial charge in [-0.05, 0) is 33.8 Å². The van der Waals surface area contributed by atoms with Crippen molar-refractivity contribution in [1.29, 1.82) is 0 Å². The average Bonchev–Trinajstić information content (AvgIpc) is 2.45. The summed E-state index contributed by atoms with van der Waals surface area (Å²) in [4.78, 5) is 13.5. The third-order valence-corrected chi connectivity index (χ3v) is 3.70. The number of hydrogen-bond acceptors (Lipinski definition) is 5. The molecule has 0 bridgehead atoms. The quantitative estimate of drug-likeness (QED) is 0.900. The van der Waals surface area contributed by atoms with Crippen LogP contribution in [0.15, 0.2) is 18.5 Å². The van der Waals surface area contributed by atoms with Crippen LogP contribution in [0.5, 0.6) is 0 Å². The first kappa shape index (κ1) is 15.2. The summed E-state index contributed by atoms with van der Waals surface area (Å²) in [6, 6.07) is 2.42. The predicted molar refractivity (Wildman–Crippen MR) is 83.0 cm³/mol. The average molecular weight is 277 g/mol. The van der Waals surface area contributed by atoms with Crippen molar-refractivity contribution in [2.24, 2.45) is 0 Å². The molecule has 0 radical (unpaired) electrons. The topological polar surface area (TPSA) is 44.3 Å². The van der Waals surface area contributed by atoms with Crippen molar-refractivity contribution in [2.45, 2.75) is 39.3 Å². The second-order valence-corrected chi connectivity index (χ2v) is 6.55. The Hall–Kier alpha value is -1.20.